The summed E-state index contributed by atoms with van der Waals surface area (Å²) >= 11 is 0.538. The molecule has 1 aromatic rings. The second-order valence-electron chi connectivity index (χ2n) is 4.13. The number of halogens is 3. The summed E-state index contributed by atoms with van der Waals surface area (Å²) in [7, 11) is 0. The molecule has 0 amide bonds. The van der Waals surface area contributed by atoms with Gasteiger partial charge in [0.15, 0.2) is 5.01 Å². The number of hydrogen-bond acceptors (Lipinski definition) is 5. The molecule has 1 unspecified atom stereocenters. The number of carbonyl (C=O) groups excluding carboxylic acids is 1. The highest BCUT2D eigenvalue weighted by atomic mass is 32.1. The molecule has 0 fully saturated rings. The van der Waals surface area contributed by atoms with Crippen molar-refractivity contribution >= 4 is 17.3 Å². The lowest BCUT2D eigenvalue weighted by atomic mass is 10.2. The maximum Gasteiger partial charge on any atom is 0.443 e. The van der Waals surface area contributed by atoms with E-state index >= 15 is 0 Å². The molecule has 1 aromatic heterocycles. The summed E-state index contributed by atoms with van der Waals surface area (Å²) in [6, 6.07) is -0.600. The number of nitrogens with one attached hydrogen (secondary N) is 1. The summed E-state index contributed by atoms with van der Waals surface area (Å²) in [5, 5.41) is 3.31. The van der Waals surface area contributed by atoms with Crippen LogP contribution < -0.4 is 5.32 Å². The molecule has 0 aliphatic heterocycles. The van der Waals surface area contributed by atoms with E-state index in [4.69, 9.17) is 4.74 Å². The van der Waals surface area contributed by atoms with Crippen molar-refractivity contribution in [1.82, 2.24) is 10.3 Å². The highest BCUT2D eigenvalue weighted by Crippen LogP contribution is 2.31. The SMILES string of the molecule is C/C=C/CC(NCc1csc(C(F)(F)F)n1)C(=O)OCC. The fraction of sp³-hybridized carbons (Fsp3) is 0.538. The third-order valence-corrected chi connectivity index (χ3v) is 3.44. The Balaban J connectivity index is 2.63. The van der Waals surface area contributed by atoms with Crippen LogP contribution in [0.25, 0.3) is 0 Å². The number of allylic oxidation sites excluding steroid dienone is 1. The molecule has 21 heavy (non-hydrogen) atoms. The summed E-state index contributed by atoms with van der Waals surface area (Å²) in [6.45, 7) is 3.84. The molecule has 0 saturated heterocycles. The monoisotopic (exact) mass is 322 g/mol. The molecule has 0 aromatic carbocycles. The Hall–Kier alpha value is -1.41. The zero-order valence-corrected chi connectivity index (χ0v) is 12.6. The predicted molar refractivity (Wildman–Crippen MR) is 73.8 cm³/mol. The molecule has 118 valence electrons. The molecule has 1 atom stereocenters. The standard InChI is InChI=1S/C13H17F3N2O2S/c1-3-5-6-10(11(19)20-4-2)17-7-9-8-21-12(18-9)13(14,15)16/h3,5,8,10,17H,4,6-7H2,1-2H3/b5-3+. The Bertz CT molecular complexity index is 486. The number of hydrogen-bond donors (Lipinski definition) is 1. The molecule has 0 spiro atoms. The molecule has 1 heterocycles. The molecule has 0 radical (unpaired) electrons. The van der Waals surface area contributed by atoms with Gasteiger partial charge < -0.3 is 4.74 Å². The van der Waals surface area contributed by atoms with Gasteiger partial charge >= 0.3 is 12.1 Å². The van der Waals surface area contributed by atoms with Gasteiger partial charge in [-0.15, -0.1) is 11.3 Å². The van der Waals surface area contributed by atoms with Crippen LogP contribution in [0.15, 0.2) is 17.5 Å². The lowest BCUT2D eigenvalue weighted by Gasteiger charge is -2.14. The van der Waals surface area contributed by atoms with Crippen LogP contribution in [0.5, 0.6) is 0 Å². The van der Waals surface area contributed by atoms with E-state index in [1.54, 1.807) is 19.1 Å². The quantitative estimate of drug-likeness (QED) is 0.619. The van der Waals surface area contributed by atoms with E-state index in [1.807, 2.05) is 6.92 Å². The van der Waals surface area contributed by atoms with E-state index in [1.165, 1.54) is 5.38 Å². The van der Waals surface area contributed by atoms with Crippen molar-refractivity contribution in [2.45, 2.75) is 39.0 Å². The lowest BCUT2D eigenvalue weighted by molar-refractivity contribution is -0.145. The van der Waals surface area contributed by atoms with Crippen LogP contribution in [0.4, 0.5) is 13.2 Å². The van der Waals surface area contributed by atoms with Gasteiger partial charge in [-0.2, -0.15) is 13.2 Å². The first-order chi connectivity index (χ1) is 9.88. The van der Waals surface area contributed by atoms with E-state index < -0.39 is 23.2 Å². The largest absolute Gasteiger partial charge is 0.465 e. The normalized spacial score (nSPS) is 13.6. The van der Waals surface area contributed by atoms with Crippen molar-refractivity contribution in [2.75, 3.05) is 6.61 Å². The first-order valence-corrected chi connectivity index (χ1v) is 7.29. The highest BCUT2D eigenvalue weighted by Gasteiger charge is 2.34. The van der Waals surface area contributed by atoms with E-state index in [0.29, 0.717) is 17.8 Å². The third kappa shape index (κ3) is 5.84. The molecule has 1 rings (SSSR count). The number of alkyl halides is 3. The van der Waals surface area contributed by atoms with Crippen molar-refractivity contribution < 1.29 is 22.7 Å². The summed E-state index contributed by atoms with van der Waals surface area (Å²) in [4.78, 5) is 15.2. The average Bonchev–Trinajstić information content (AvgIpc) is 2.88. The molecule has 0 aliphatic carbocycles. The molecule has 1 N–H and O–H groups in total. The van der Waals surface area contributed by atoms with Gasteiger partial charge in [0.25, 0.3) is 0 Å². The molecular weight excluding hydrogens is 305 g/mol. The van der Waals surface area contributed by atoms with Gasteiger partial charge in [0, 0.05) is 11.9 Å². The van der Waals surface area contributed by atoms with Gasteiger partial charge in [-0.25, -0.2) is 4.98 Å². The van der Waals surface area contributed by atoms with E-state index in [0.717, 1.165) is 0 Å². The molecular formula is C13H17F3N2O2S. The van der Waals surface area contributed by atoms with Crippen molar-refractivity contribution in [2.24, 2.45) is 0 Å². The zero-order valence-electron chi connectivity index (χ0n) is 11.7. The van der Waals surface area contributed by atoms with Crippen molar-refractivity contribution in [3.8, 4) is 0 Å². The van der Waals surface area contributed by atoms with Gasteiger partial charge in [-0.05, 0) is 20.3 Å². The minimum atomic E-state index is -4.44. The lowest BCUT2D eigenvalue weighted by Crippen LogP contribution is -2.37. The molecule has 0 bridgehead atoms. The van der Waals surface area contributed by atoms with Gasteiger partial charge in [0.05, 0.1) is 12.3 Å². The van der Waals surface area contributed by atoms with E-state index in [-0.39, 0.29) is 18.8 Å². The fourth-order valence-electron chi connectivity index (χ4n) is 1.52. The first kappa shape index (κ1) is 17.6. The summed E-state index contributed by atoms with van der Waals surface area (Å²) in [5.74, 6) is -0.429. The zero-order chi connectivity index (χ0) is 15.9. The summed E-state index contributed by atoms with van der Waals surface area (Å²) in [6.07, 6.45) is -0.449. The summed E-state index contributed by atoms with van der Waals surface area (Å²) < 4.78 is 42.2. The topological polar surface area (TPSA) is 51.2 Å². The number of ether oxygens (including phenoxy) is 1. The Labute approximate surface area is 125 Å². The van der Waals surface area contributed by atoms with Crippen LogP contribution in [0.3, 0.4) is 0 Å². The van der Waals surface area contributed by atoms with Crippen LogP contribution in [-0.2, 0) is 22.3 Å². The van der Waals surface area contributed by atoms with Crippen molar-refractivity contribution in [3.05, 3.63) is 28.2 Å². The van der Waals surface area contributed by atoms with Crippen molar-refractivity contribution in [3.63, 3.8) is 0 Å². The number of aromatic nitrogens is 1. The summed E-state index contributed by atoms with van der Waals surface area (Å²) in [5.41, 5.74) is 0.252. The predicted octanol–water partition coefficient (Wildman–Crippen LogP) is 3.15. The maximum absolute atomic E-state index is 12.4. The Kier molecular flexibility index (Phi) is 6.83. The molecule has 4 nitrogen and oxygen atoms in total. The van der Waals surface area contributed by atoms with Crippen LogP contribution in [0.2, 0.25) is 0 Å². The second-order valence-corrected chi connectivity index (χ2v) is 4.99. The third-order valence-electron chi connectivity index (χ3n) is 2.50. The minimum Gasteiger partial charge on any atom is -0.465 e. The van der Waals surface area contributed by atoms with Crippen LogP contribution in [-0.4, -0.2) is 23.6 Å². The van der Waals surface area contributed by atoms with Crippen molar-refractivity contribution in [1.29, 1.82) is 0 Å². The molecule has 8 heteroatoms. The van der Waals surface area contributed by atoms with E-state index in [9.17, 15) is 18.0 Å². The maximum atomic E-state index is 12.4. The Morgan fingerprint density at radius 2 is 2.29 bits per heavy atom. The fourth-order valence-corrected chi connectivity index (χ4v) is 2.21. The molecule has 0 aliphatic rings. The number of esters is 1. The number of thiazole rings is 1. The van der Waals surface area contributed by atoms with Gasteiger partial charge in [0.2, 0.25) is 0 Å². The van der Waals surface area contributed by atoms with Crippen LogP contribution >= 0.6 is 11.3 Å². The van der Waals surface area contributed by atoms with Gasteiger partial charge in [-0.1, -0.05) is 12.2 Å². The first-order valence-electron chi connectivity index (χ1n) is 6.41. The smallest absolute Gasteiger partial charge is 0.443 e. The van der Waals surface area contributed by atoms with E-state index in [2.05, 4.69) is 10.3 Å². The van der Waals surface area contributed by atoms with Gasteiger partial charge in [-0.3, -0.25) is 10.1 Å². The highest BCUT2D eigenvalue weighted by molar-refractivity contribution is 7.09. The average molecular weight is 322 g/mol. The number of rotatable bonds is 7. The Morgan fingerprint density at radius 3 is 2.81 bits per heavy atom. The minimum absolute atomic E-state index is 0.0770. The van der Waals surface area contributed by atoms with Crippen LogP contribution in [0, 0.1) is 0 Å². The van der Waals surface area contributed by atoms with Gasteiger partial charge in [0.1, 0.15) is 6.04 Å². The van der Waals surface area contributed by atoms with Crippen LogP contribution in [0.1, 0.15) is 31.0 Å². The molecule has 0 saturated carbocycles. The number of nitrogens with zero attached hydrogens (tertiary/aromatic N) is 1. The second kappa shape index (κ2) is 8.14. The number of carbonyl (C=O) groups is 1. The Morgan fingerprint density at radius 1 is 1.57 bits per heavy atom.